The molecule has 1 fully saturated rings. The van der Waals surface area contributed by atoms with E-state index in [4.69, 9.17) is 0 Å². The Labute approximate surface area is 131 Å². The number of rotatable bonds is 7. The van der Waals surface area contributed by atoms with Crippen LogP contribution >= 0.6 is 11.3 Å². The normalized spacial score (nSPS) is 17.6. The van der Waals surface area contributed by atoms with Crippen LogP contribution in [0.5, 0.6) is 0 Å². The summed E-state index contributed by atoms with van der Waals surface area (Å²) >= 11 is 1.57. The molecule has 1 aliphatic carbocycles. The van der Waals surface area contributed by atoms with E-state index in [1.54, 1.807) is 11.3 Å². The number of anilines is 1. The van der Waals surface area contributed by atoms with Gasteiger partial charge in [0.05, 0.1) is 0 Å². The van der Waals surface area contributed by atoms with Crippen molar-refractivity contribution in [2.24, 2.45) is 5.92 Å². The molecule has 5 heteroatoms. The largest absolute Gasteiger partial charge is 0.300 e. The number of nitrogens with zero attached hydrogens (tertiary/aromatic N) is 2. The number of aromatic nitrogens is 2. The summed E-state index contributed by atoms with van der Waals surface area (Å²) in [6.45, 7) is 4.24. The van der Waals surface area contributed by atoms with E-state index in [9.17, 15) is 4.79 Å². The smallest absolute Gasteiger partial charge is 0.229 e. The lowest BCUT2D eigenvalue weighted by Gasteiger charge is -2.18. The van der Waals surface area contributed by atoms with Gasteiger partial charge in [-0.25, -0.2) is 0 Å². The zero-order chi connectivity index (χ0) is 15.1. The first kappa shape index (κ1) is 16.4. The van der Waals surface area contributed by atoms with Gasteiger partial charge in [0.2, 0.25) is 11.0 Å². The van der Waals surface area contributed by atoms with E-state index in [1.165, 1.54) is 32.1 Å². The fourth-order valence-electron chi connectivity index (χ4n) is 2.98. The molecule has 2 rings (SSSR count). The maximum atomic E-state index is 12.3. The number of carbonyl (C=O) groups is 1. The maximum Gasteiger partial charge on any atom is 0.229 e. The Morgan fingerprint density at radius 1 is 1.29 bits per heavy atom. The molecule has 1 atom stereocenters. The second-order valence-electron chi connectivity index (χ2n) is 6.02. The second kappa shape index (κ2) is 8.47. The first-order chi connectivity index (χ1) is 10.2. The molecule has 0 spiro atoms. The Hall–Kier alpha value is -0.970. The van der Waals surface area contributed by atoms with Crippen molar-refractivity contribution < 1.29 is 4.79 Å². The van der Waals surface area contributed by atoms with Crippen molar-refractivity contribution in [3.05, 3.63) is 5.01 Å². The van der Waals surface area contributed by atoms with Crippen LogP contribution in [0, 0.1) is 5.92 Å². The van der Waals surface area contributed by atoms with Crippen LogP contribution in [0.3, 0.4) is 0 Å². The third kappa shape index (κ3) is 4.77. The lowest BCUT2D eigenvalue weighted by molar-refractivity contribution is -0.120. The van der Waals surface area contributed by atoms with Crippen molar-refractivity contribution in [3.63, 3.8) is 0 Å². The van der Waals surface area contributed by atoms with Crippen molar-refractivity contribution in [2.75, 3.05) is 5.32 Å². The minimum atomic E-state index is 0.104. The van der Waals surface area contributed by atoms with Crippen LogP contribution in [-0.4, -0.2) is 16.1 Å². The van der Waals surface area contributed by atoms with Gasteiger partial charge < -0.3 is 5.32 Å². The van der Waals surface area contributed by atoms with Crippen molar-refractivity contribution in [1.82, 2.24) is 10.2 Å². The van der Waals surface area contributed by atoms with Gasteiger partial charge in [0, 0.05) is 11.8 Å². The van der Waals surface area contributed by atoms with Crippen LogP contribution in [0.2, 0.25) is 0 Å². The summed E-state index contributed by atoms with van der Waals surface area (Å²) in [5, 5.41) is 13.2. The van der Waals surface area contributed by atoms with E-state index in [0.717, 1.165) is 30.7 Å². The van der Waals surface area contributed by atoms with Crippen molar-refractivity contribution >= 4 is 22.4 Å². The lowest BCUT2D eigenvalue weighted by atomic mass is 9.90. The molecular weight excluding hydrogens is 282 g/mol. The predicted molar refractivity (Wildman–Crippen MR) is 87.7 cm³/mol. The standard InChI is InChI=1S/C16H27N3OS/c1-3-5-9-12(4-2)14(20)17-16-19-18-15(21-16)13-10-7-6-8-11-13/h12-13H,3-11H2,1-2H3,(H,17,19,20). The third-order valence-electron chi connectivity index (χ3n) is 4.39. The van der Waals surface area contributed by atoms with Crippen LogP contribution in [0.25, 0.3) is 0 Å². The summed E-state index contributed by atoms with van der Waals surface area (Å²) in [6, 6.07) is 0. The van der Waals surface area contributed by atoms with Gasteiger partial charge in [-0.3, -0.25) is 4.79 Å². The minimum absolute atomic E-state index is 0.104. The Balaban J connectivity index is 1.90. The van der Waals surface area contributed by atoms with Crippen LogP contribution in [0.4, 0.5) is 5.13 Å². The molecule has 0 bridgehead atoms. The number of nitrogens with one attached hydrogen (secondary N) is 1. The lowest BCUT2D eigenvalue weighted by Crippen LogP contribution is -2.22. The van der Waals surface area contributed by atoms with Crippen molar-refractivity contribution in [1.29, 1.82) is 0 Å². The summed E-state index contributed by atoms with van der Waals surface area (Å²) in [6.07, 6.45) is 10.5. The van der Waals surface area contributed by atoms with Gasteiger partial charge in [-0.05, 0) is 25.7 Å². The fourth-order valence-corrected chi connectivity index (χ4v) is 3.89. The van der Waals surface area contributed by atoms with Crippen molar-refractivity contribution in [3.8, 4) is 0 Å². The van der Waals surface area contributed by atoms with Crippen LogP contribution in [-0.2, 0) is 4.79 Å². The highest BCUT2D eigenvalue weighted by molar-refractivity contribution is 7.15. The molecule has 1 aromatic rings. The topological polar surface area (TPSA) is 54.9 Å². The molecule has 0 aromatic carbocycles. The van der Waals surface area contributed by atoms with E-state index < -0.39 is 0 Å². The van der Waals surface area contributed by atoms with Gasteiger partial charge in [-0.15, -0.1) is 10.2 Å². The van der Waals surface area contributed by atoms with Gasteiger partial charge in [0.1, 0.15) is 5.01 Å². The maximum absolute atomic E-state index is 12.3. The van der Waals surface area contributed by atoms with Gasteiger partial charge in [0.25, 0.3) is 0 Å². The third-order valence-corrected chi connectivity index (χ3v) is 5.40. The number of carbonyl (C=O) groups excluding carboxylic acids is 1. The molecule has 1 aliphatic rings. The monoisotopic (exact) mass is 309 g/mol. The van der Waals surface area contributed by atoms with Gasteiger partial charge in [0.15, 0.2) is 0 Å². The number of hydrogen-bond acceptors (Lipinski definition) is 4. The Bertz CT molecular complexity index is 440. The molecule has 0 aliphatic heterocycles. The number of hydrogen-bond donors (Lipinski definition) is 1. The van der Waals surface area contributed by atoms with E-state index >= 15 is 0 Å². The van der Waals surface area contributed by atoms with Crippen molar-refractivity contribution in [2.45, 2.75) is 77.6 Å². The number of amides is 1. The summed E-state index contributed by atoms with van der Waals surface area (Å²) in [5.74, 6) is 0.772. The molecule has 1 saturated carbocycles. The zero-order valence-electron chi connectivity index (χ0n) is 13.2. The average molecular weight is 309 g/mol. The zero-order valence-corrected chi connectivity index (χ0v) is 14.0. The van der Waals surface area contributed by atoms with E-state index in [0.29, 0.717) is 11.0 Å². The molecule has 1 aromatic heterocycles. The molecule has 1 N–H and O–H groups in total. The number of unbranched alkanes of at least 4 members (excludes halogenated alkanes) is 1. The Morgan fingerprint density at radius 2 is 2.05 bits per heavy atom. The Kier molecular flexibility index (Phi) is 6.61. The van der Waals surface area contributed by atoms with E-state index in [-0.39, 0.29) is 11.8 Å². The van der Waals surface area contributed by atoms with E-state index in [2.05, 4.69) is 29.4 Å². The summed E-state index contributed by atoms with van der Waals surface area (Å²) in [7, 11) is 0. The Morgan fingerprint density at radius 3 is 2.71 bits per heavy atom. The van der Waals surface area contributed by atoms with Gasteiger partial charge in [-0.1, -0.05) is 57.3 Å². The van der Waals surface area contributed by atoms with Crippen LogP contribution < -0.4 is 5.32 Å². The molecule has 21 heavy (non-hydrogen) atoms. The summed E-state index contributed by atoms with van der Waals surface area (Å²) in [5.41, 5.74) is 0. The van der Waals surface area contributed by atoms with Crippen LogP contribution in [0.15, 0.2) is 0 Å². The molecule has 0 saturated heterocycles. The SMILES string of the molecule is CCCCC(CC)C(=O)Nc1nnc(C2CCCCC2)s1. The first-order valence-electron chi connectivity index (χ1n) is 8.38. The van der Waals surface area contributed by atoms with E-state index in [1.807, 2.05) is 0 Å². The highest BCUT2D eigenvalue weighted by atomic mass is 32.1. The molecule has 1 amide bonds. The first-order valence-corrected chi connectivity index (χ1v) is 9.20. The molecule has 118 valence electrons. The quantitative estimate of drug-likeness (QED) is 0.791. The highest BCUT2D eigenvalue weighted by Crippen LogP contribution is 2.35. The molecule has 1 heterocycles. The van der Waals surface area contributed by atoms with Crippen LogP contribution in [0.1, 0.15) is 82.6 Å². The van der Waals surface area contributed by atoms with Gasteiger partial charge >= 0.3 is 0 Å². The summed E-state index contributed by atoms with van der Waals surface area (Å²) < 4.78 is 0. The molecule has 0 radical (unpaired) electrons. The summed E-state index contributed by atoms with van der Waals surface area (Å²) in [4.78, 5) is 12.3. The predicted octanol–water partition coefficient (Wildman–Crippen LogP) is 4.74. The highest BCUT2D eigenvalue weighted by Gasteiger charge is 2.21. The van der Waals surface area contributed by atoms with Gasteiger partial charge in [-0.2, -0.15) is 0 Å². The molecule has 1 unspecified atom stereocenters. The molecule has 4 nitrogen and oxygen atoms in total. The second-order valence-corrected chi connectivity index (χ2v) is 7.03. The minimum Gasteiger partial charge on any atom is -0.300 e. The molecular formula is C16H27N3OS. The average Bonchev–Trinajstić information content (AvgIpc) is 2.97. The fraction of sp³-hybridized carbons (Fsp3) is 0.812.